The van der Waals surface area contributed by atoms with Crippen molar-refractivity contribution in [1.29, 1.82) is 0 Å². The summed E-state index contributed by atoms with van der Waals surface area (Å²) in [4.78, 5) is 10.6. The second kappa shape index (κ2) is 5.20. The topological polar surface area (TPSA) is 46.5 Å². The quantitative estimate of drug-likeness (QED) is 0.770. The number of allylic oxidation sites excluding steroid dienone is 1. The second-order valence-corrected chi connectivity index (χ2v) is 3.09. The molecule has 3 heteroatoms. The van der Waals surface area contributed by atoms with E-state index >= 15 is 0 Å². The number of aliphatic carboxylic acids is 1. The van der Waals surface area contributed by atoms with Crippen molar-refractivity contribution in [2.75, 3.05) is 7.11 Å². The van der Waals surface area contributed by atoms with E-state index in [0.717, 1.165) is 16.9 Å². The Labute approximate surface area is 89.0 Å². The lowest BCUT2D eigenvalue weighted by Gasteiger charge is -2.05. The van der Waals surface area contributed by atoms with Gasteiger partial charge in [-0.3, -0.25) is 0 Å². The summed E-state index contributed by atoms with van der Waals surface area (Å²) >= 11 is 0. The number of carbonyl (C=O) groups is 1. The van der Waals surface area contributed by atoms with Gasteiger partial charge in [0.05, 0.1) is 7.11 Å². The number of hydrogen-bond acceptors (Lipinski definition) is 2. The van der Waals surface area contributed by atoms with Gasteiger partial charge in [-0.25, -0.2) is 4.79 Å². The fraction of sp³-hybridized carbons (Fsp3) is 0.250. The Morgan fingerprint density at radius 3 is 2.40 bits per heavy atom. The van der Waals surface area contributed by atoms with Crippen LogP contribution in [0, 0.1) is 0 Å². The summed E-state index contributed by atoms with van der Waals surface area (Å²) in [6.45, 7) is 1.93. The fourth-order valence-corrected chi connectivity index (χ4v) is 1.34. The molecule has 0 saturated heterocycles. The molecule has 3 nitrogen and oxygen atoms in total. The van der Waals surface area contributed by atoms with Gasteiger partial charge in [0.15, 0.2) is 0 Å². The zero-order valence-corrected chi connectivity index (χ0v) is 8.86. The molecule has 1 N–H and O–H groups in total. The van der Waals surface area contributed by atoms with E-state index in [1.807, 2.05) is 31.2 Å². The van der Waals surface area contributed by atoms with Crippen LogP contribution in [0.3, 0.4) is 0 Å². The average Bonchev–Trinajstić information content (AvgIpc) is 2.26. The zero-order chi connectivity index (χ0) is 11.3. The summed E-state index contributed by atoms with van der Waals surface area (Å²) < 4.78 is 5.03. The molecule has 0 aliphatic rings. The first-order valence-electron chi connectivity index (χ1n) is 4.75. The maximum atomic E-state index is 10.6. The highest BCUT2D eigenvalue weighted by Gasteiger charge is 2.02. The third-order valence-corrected chi connectivity index (χ3v) is 2.14. The molecule has 0 atom stereocenters. The van der Waals surface area contributed by atoms with E-state index in [0.29, 0.717) is 6.42 Å². The van der Waals surface area contributed by atoms with Gasteiger partial charge in [-0.1, -0.05) is 19.1 Å². The molecule has 0 unspecified atom stereocenters. The molecule has 0 spiro atoms. The molecule has 0 fully saturated rings. The molecule has 80 valence electrons. The summed E-state index contributed by atoms with van der Waals surface area (Å²) in [7, 11) is 1.60. The molecule has 0 amide bonds. The van der Waals surface area contributed by atoms with Gasteiger partial charge in [-0.15, -0.1) is 0 Å². The van der Waals surface area contributed by atoms with E-state index in [1.54, 1.807) is 7.11 Å². The molecule has 0 aromatic heterocycles. The number of carboxylic acids is 1. The zero-order valence-electron chi connectivity index (χ0n) is 8.86. The van der Waals surface area contributed by atoms with E-state index < -0.39 is 5.97 Å². The van der Waals surface area contributed by atoms with Gasteiger partial charge in [0, 0.05) is 6.08 Å². The first kappa shape index (κ1) is 11.3. The monoisotopic (exact) mass is 206 g/mol. The molecule has 0 heterocycles. The maximum absolute atomic E-state index is 10.6. The molecule has 1 aromatic rings. The van der Waals surface area contributed by atoms with Crippen LogP contribution < -0.4 is 4.74 Å². The van der Waals surface area contributed by atoms with E-state index in [-0.39, 0.29) is 0 Å². The fourth-order valence-electron chi connectivity index (χ4n) is 1.34. The number of hydrogen-bond donors (Lipinski definition) is 1. The number of benzene rings is 1. The lowest BCUT2D eigenvalue weighted by atomic mass is 10.0. The number of ether oxygens (including phenoxy) is 1. The van der Waals surface area contributed by atoms with E-state index in [9.17, 15) is 4.79 Å². The van der Waals surface area contributed by atoms with Gasteiger partial charge >= 0.3 is 5.97 Å². The van der Waals surface area contributed by atoms with Crippen molar-refractivity contribution in [1.82, 2.24) is 0 Å². The summed E-state index contributed by atoms with van der Waals surface area (Å²) in [6, 6.07) is 7.36. The summed E-state index contributed by atoms with van der Waals surface area (Å²) in [6.07, 6.45) is 1.93. The second-order valence-electron chi connectivity index (χ2n) is 3.09. The van der Waals surface area contributed by atoms with Gasteiger partial charge in [-0.2, -0.15) is 0 Å². The van der Waals surface area contributed by atoms with Crippen LogP contribution in [0.1, 0.15) is 18.9 Å². The van der Waals surface area contributed by atoms with Crippen LogP contribution in [0.5, 0.6) is 5.75 Å². The standard InChI is InChI=1S/C12H14O3/c1-3-9(8-12(13)14)10-4-6-11(15-2)7-5-10/h4-8H,3H2,1-2H3,(H,13,14)/b9-8+. The highest BCUT2D eigenvalue weighted by Crippen LogP contribution is 2.20. The molecule has 0 aliphatic carbocycles. The molecule has 0 bridgehead atoms. The SMILES string of the molecule is CC/C(=C\C(=O)O)c1ccc(OC)cc1. The molecule has 1 aromatic carbocycles. The first-order valence-corrected chi connectivity index (χ1v) is 4.75. The molecule has 15 heavy (non-hydrogen) atoms. The highest BCUT2D eigenvalue weighted by atomic mass is 16.5. The Balaban J connectivity index is 2.98. The van der Waals surface area contributed by atoms with Gasteiger partial charge < -0.3 is 9.84 Å². The summed E-state index contributed by atoms with van der Waals surface area (Å²) in [5.41, 5.74) is 1.73. The molecule has 0 aliphatic heterocycles. The smallest absolute Gasteiger partial charge is 0.328 e. The minimum absolute atomic E-state index is 0.693. The van der Waals surface area contributed by atoms with Crippen LogP contribution in [-0.2, 0) is 4.79 Å². The maximum Gasteiger partial charge on any atom is 0.328 e. The van der Waals surface area contributed by atoms with Crippen LogP contribution in [0.2, 0.25) is 0 Å². The third-order valence-electron chi connectivity index (χ3n) is 2.14. The van der Waals surface area contributed by atoms with Gasteiger partial charge in [0.1, 0.15) is 5.75 Å². The molecule has 0 radical (unpaired) electrons. The minimum atomic E-state index is -0.914. The average molecular weight is 206 g/mol. The Bertz CT molecular complexity index is 363. The van der Waals surface area contributed by atoms with Crippen molar-refractivity contribution < 1.29 is 14.6 Å². The van der Waals surface area contributed by atoms with E-state index in [2.05, 4.69) is 0 Å². The predicted molar refractivity (Wildman–Crippen MR) is 58.9 cm³/mol. The van der Waals surface area contributed by atoms with E-state index in [1.165, 1.54) is 6.08 Å². The van der Waals surface area contributed by atoms with E-state index in [4.69, 9.17) is 9.84 Å². The van der Waals surface area contributed by atoms with Crippen molar-refractivity contribution in [3.63, 3.8) is 0 Å². The molecule has 0 saturated carbocycles. The van der Waals surface area contributed by atoms with Crippen LogP contribution >= 0.6 is 0 Å². The van der Waals surface area contributed by atoms with Crippen LogP contribution in [0.15, 0.2) is 30.3 Å². The Morgan fingerprint density at radius 2 is 2.00 bits per heavy atom. The number of methoxy groups -OCH3 is 1. The lowest BCUT2D eigenvalue weighted by molar-refractivity contribution is -0.131. The Morgan fingerprint density at radius 1 is 1.40 bits per heavy atom. The Kier molecular flexibility index (Phi) is 3.92. The Hall–Kier alpha value is -1.77. The highest BCUT2D eigenvalue weighted by molar-refractivity contribution is 5.89. The van der Waals surface area contributed by atoms with Crippen LogP contribution in [-0.4, -0.2) is 18.2 Å². The minimum Gasteiger partial charge on any atom is -0.497 e. The van der Waals surface area contributed by atoms with Crippen molar-refractivity contribution in [2.45, 2.75) is 13.3 Å². The molecular weight excluding hydrogens is 192 g/mol. The molecular formula is C12H14O3. The van der Waals surface area contributed by atoms with Crippen molar-refractivity contribution in [2.24, 2.45) is 0 Å². The number of rotatable bonds is 4. The normalized spacial score (nSPS) is 11.2. The number of carboxylic acid groups (broad SMARTS) is 1. The van der Waals surface area contributed by atoms with Crippen molar-refractivity contribution >= 4 is 11.5 Å². The van der Waals surface area contributed by atoms with Gasteiger partial charge in [0.2, 0.25) is 0 Å². The van der Waals surface area contributed by atoms with Gasteiger partial charge in [-0.05, 0) is 29.7 Å². The van der Waals surface area contributed by atoms with Crippen LogP contribution in [0.4, 0.5) is 0 Å². The largest absolute Gasteiger partial charge is 0.497 e. The first-order chi connectivity index (χ1) is 7.17. The molecule has 1 rings (SSSR count). The third kappa shape index (κ3) is 3.13. The van der Waals surface area contributed by atoms with Gasteiger partial charge in [0.25, 0.3) is 0 Å². The lowest BCUT2D eigenvalue weighted by Crippen LogP contribution is -1.92. The summed E-state index contributed by atoms with van der Waals surface area (Å²) in [5.74, 6) is -0.146. The summed E-state index contributed by atoms with van der Waals surface area (Å²) in [5, 5.41) is 8.68. The van der Waals surface area contributed by atoms with Crippen molar-refractivity contribution in [3.05, 3.63) is 35.9 Å². The van der Waals surface area contributed by atoms with Crippen LogP contribution in [0.25, 0.3) is 5.57 Å². The predicted octanol–water partition coefficient (Wildman–Crippen LogP) is 2.57. The van der Waals surface area contributed by atoms with Crippen molar-refractivity contribution in [3.8, 4) is 5.75 Å².